The molecule has 0 fully saturated rings. The van der Waals surface area contributed by atoms with E-state index in [4.69, 9.17) is 5.73 Å². The van der Waals surface area contributed by atoms with E-state index in [9.17, 15) is 4.79 Å². The third kappa shape index (κ3) is 2.80. The number of H-pyrrole nitrogens is 1. The number of carbonyl (C=O) groups is 1. The van der Waals surface area contributed by atoms with Crippen molar-refractivity contribution in [3.63, 3.8) is 0 Å². The molecule has 0 spiro atoms. The first kappa shape index (κ1) is 15.5. The Hall–Kier alpha value is -2.38. The normalized spacial score (nSPS) is 17.6. The van der Waals surface area contributed by atoms with E-state index >= 15 is 0 Å². The van der Waals surface area contributed by atoms with Gasteiger partial charge in [0.1, 0.15) is 5.82 Å². The lowest BCUT2D eigenvalue weighted by Gasteiger charge is -2.34. The van der Waals surface area contributed by atoms with Gasteiger partial charge in [0, 0.05) is 12.2 Å². The van der Waals surface area contributed by atoms with Gasteiger partial charge >= 0.3 is 0 Å². The number of hydrogen-bond donors (Lipinski definition) is 2. The number of aryl methyl sites for hydroxylation is 2. The summed E-state index contributed by atoms with van der Waals surface area (Å²) in [4.78, 5) is 21.6. The number of fused-ring (bicyclic) bond motifs is 1. The number of nitrogens with zero attached hydrogens (tertiary/aromatic N) is 5. The molecule has 0 aliphatic carbocycles. The molecule has 1 atom stereocenters. The Morgan fingerprint density at radius 3 is 2.74 bits per heavy atom. The van der Waals surface area contributed by atoms with Crippen LogP contribution in [0, 0.1) is 19.8 Å². The summed E-state index contributed by atoms with van der Waals surface area (Å²) in [6, 6.07) is 0.189. The number of imidazole rings is 1. The summed E-state index contributed by atoms with van der Waals surface area (Å²) >= 11 is 0. The molecule has 8 heteroatoms. The van der Waals surface area contributed by atoms with Crippen LogP contribution in [0.1, 0.15) is 54.1 Å². The van der Waals surface area contributed by atoms with E-state index in [2.05, 4.69) is 38.6 Å². The molecule has 1 aliphatic rings. The van der Waals surface area contributed by atoms with Gasteiger partial charge in [-0.1, -0.05) is 13.8 Å². The number of aromatic nitrogens is 5. The number of carbonyl (C=O) groups excluding carboxylic acids is 1. The van der Waals surface area contributed by atoms with Gasteiger partial charge in [-0.05, 0) is 26.2 Å². The van der Waals surface area contributed by atoms with Crippen molar-refractivity contribution in [1.29, 1.82) is 0 Å². The average Bonchev–Trinajstić information content (AvgIpc) is 3.00. The van der Waals surface area contributed by atoms with Gasteiger partial charge in [0.25, 0.3) is 5.91 Å². The minimum atomic E-state index is -0.115. The molecule has 0 bridgehead atoms. The zero-order valence-corrected chi connectivity index (χ0v) is 14.0. The van der Waals surface area contributed by atoms with Crippen molar-refractivity contribution in [3.8, 4) is 0 Å². The molecule has 2 aromatic rings. The maximum atomic E-state index is 12.8. The van der Waals surface area contributed by atoms with Gasteiger partial charge in [-0.2, -0.15) is 0 Å². The Kier molecular flexibility index (Phi) is 3.83. The maximum absolute atomic E-state index is 12.8. The molecular formula is C15H23N7O. The average molecular weight is 317 g/mol. The van der Waals surface area contributed by atoms with Crippen molar-refractivity contribution in [3.05, 3.63) is 23.0 Å². The Balaban J connectivity index is 1.90. The lowest BCUT2D eigenvalue weighted by molar-refractivity contribution is 0.0654. The predicted octanol–water partition coefficient (Wildman–Crippen LogP) is 1.44. The van der Waals surface area contributed by atoms with Crippen LogP contribution in [-0.4, -0.2) is 42.1 Å². The fourth-order valence-electron chi connectivity index (χ4n) is 3.29. The Morgan fingerprint density at radius 2 is 2.13 bits per heavy atom. The maximum Gasteiger partial charge on any atom is 0.274 e. The van der Waals surface area contributed by atoms with Crippen molar-refractivity contribution >= 4 is 11.9 Å². The van der Waals surface area contributed by atoms with Crippen LogP contribution in [0.15, 0.2) is 0 Å². The molecule has 1 amide bonds. The first-order valence-corrected chi connectivity index (χ1v) is 7.88. The zero-order chi connectivity index (χ0) is 16.7. The lowest BCUT2D eigenvalue weighted by Crippen LogP contribution is -2.42. The number of rotatable bonds is 3. The molecule has 3 rings (SSSR count). The number of nitrogens with two attached hydrogens (primary N) is 1. The SMILES string of the molecule is Cc1[nH]c(N)nc1C(=O)N1Cc2nnc(C)n2[C@@H](CC(C)C)C1. The minimum absolute atomic E-state index is 0.115. The zero-order valence-electron chi connectivity index (χ0n) is 14.0. The molecule has 23 heavy (non-hydrogen) atoms. The van der Waals surface area contributed by atoms with E-state index < -0.39 is 0 Å². The van der Waals surface area contributed by atoms with Crippen molar-refractivity contribution in [1.82, 2.24) is 29.6 Å². The lowest BCUT2D eigenvalue weighted by atomic mass is 10.0. The van der Waals surface area contributed by atoms with Crippen LogP contribution in [0.25, 0.3) is 0 Å². The predicted molar refractivity (Wildman–Crippen MR) is 85.7 cm³/mol. The molecule has 0 radical (unpaired) electrons. The molecule has 3 heterocycles. The highest BCUT2D eigenvalue weighted by molar-refractivity contribution is 5.93. The number of nitrogen functional groups attached to an aromatic ring is 1. The monoisotopic (exact) mass is 317 g/mol. The topological polar surface area (TPSA) is 106 Å². The summed E-state index contributed by atoms with van der Waals surface area (Å²) in [6.07, 6.45) is 0.970. The van der Waals surface area contributed by atoms with Crippen LogP contribution in [0.5, 0.6) is 0 Å². The molecule has 124 valence electrons. The quantitative estimate of drug-likeness (QED) is 0.891. The summed E-state index contributed by atoms with van der Waals surface area (Å²) in [5, 5.41) is 8.41. The van der Waals surface area contributed by atoms with Crippen LogP contribution >= 0.6 is 0 Å². The molecule has 0 unspecified atom stereocenters. The minimum Gasteiger partial charge on any atom is -0.369 e. The van der Waals surface area contributed by atoms with Crippen LogP contribution in [0.4, 0.5) is 5.95 Å². The fraction of sp³-hybridized carbons (Fsp3) is 0.600. The van der Waals surface area contributed by atoms with Crippen LogP contribution < -0.4 is 5.73 Å². The van der Waals surface area contributed by atoms with Gasteiger partial charge in [-0.15, -0.1) is 10.2 Å². The van der Waals surface area contributed by atoms with Crippen LogP contribution in [0.2, 0.25) is 0 Å². The van der Waals surface area contributed by atoms with Gasteiger partial charge in [-0.25, -0.2) is 4.98 Å². The van der Waals surface area contributed by atoms with Gasteiger partial charge in [0.05, 0.1) is 12.6 Å². The molecular weight excluding hydrogens is 294 g/mol. The summed E-state index contributed by atoms with van der Waals surface area (Å²) in [6.45, 7) is 9.20. The van der Waals surface area contributed by atoms with Gasteiger partial charge < -0.3 is 20.2 Å². The van der Waals surface area contributed by atoms with E-state index in [0.717, 1.165) is 18.1 Å². The molecule has 8 nitrogen and oxygen atoms in total. The summed E-state index contributed by atoms with van der Waals surface area (Å²) in [7, 11) is 0. The molecule has 0 saturated carbocycles. The van der Waals surface area contributed by atoms with Gasteiger partial charge in [0.15, 0.2) is 17.5 Å². The second-order valence-electron chi connectivity index (χ2n) is 6.60. The third-order valence-electron chi connectivity index (χ3n) is 4.20. The van der Waals surface area contributed by atoms with Gasteiger partial charge in [-0.3, -0.25) is 4.79 Å². The first-order chi connectivity index (χ1) is 10.9. The van der Waals surface area contributed by atoms with Crippen molar-refractivity contribution in [2.24, 2.45) is 5.92 Å². The number of hydrogen-bond acceptors (Lipinski definition) is 5. The fourth-order valence-corrected chi connectivity index (χ4v) is 3.29. The van der Waals surface area contributed by atoms with E-state index in [1.807, 2.05) is 6.92 Å². The Labute approximate surface area is 135 Å². The second kappa shape index (κ2) is 5.68. The summed E-state index contributed by atoms with van der Waals surface area (Å²) in [5.41, 5.74) is 6.73. The van der Waals surface area contributed by atoms with E-state index in [-0.39, 0.29) is 17.9 Å². The first-order valence-electron chi connectivity index (χ1n) is 7.88. The van der Waals surface area contributed by atoms with Gasteiger partial charge in [0.2, 0.25) is 0 Å². The molecule has 2 aromatic heterocycles. The smallest absolute Gasteiger partial charge is 0.274 e. The van der Waals surface area contributed by atoms with Crippen molar-refractivity contribution in [2.75, 3.05) is 12.3 Å². The van der Waals surface area contributed by atoms with Crippen molar-refractivity contribution in [2.45, 2.75) is 46.7 Å². The number of anilines is 1. The van der Waals surface area contributed by atoms with E-state index in [1.165, 1.54) is 0 Å². The standard InChI is InChI=1S/C15H23N7O/c1-8(2)5-11-6-21(7-12-20-19-10(4)22(11)12)14(23)13-9(3)17-15(16)18-13/h8,11H,5-7H2,1-4H3,(H3,16,17,18)/t11-/m0/s1. The number of aromatic amines is 1. The van der Waals surface area contributed by atoms with Crippen LogP contribution in [-0.2, 0) is 6.54 Å². The second-order valence-corrected chi connectivity index (χ2v) is 6.60. The Bertz CT molecular complexity index is 730. The highest BCUT2D eigenvalue weighted by Crippen LogP contribution is 2.28. The Morgan fingerprint density at radius 1 is 1.39 bits per heavy atom. The summed E-state index contributed by atoms with van der Waals surface area (Å²) < 4.78 is 2.16. The molecule has 0 saturated heterocycles. The van der Waals surface area contributed by atoms with E-state index in [0.29, 0.717) is 30.4 Å². The highest BCUT2D eigenvalue weighted by atomic mass is 16.2. The number of amides is 1. The van der Waals surface area contributed by atoms with Crippen LogP contribution in [0.3, 0.4) is 0 Å². The largest absolute Gasteiger partial charge is 0.369 e. The third-order valence-corrected chi connectivity index (χ3v) is 4.20. The number of nitrogens with one attached hydrogen (secondary N) is 1. The summed E-state index contributed by atoms with van der Waals surface area (Å²) in [5.74, 6) is 2.40. The highest BCUT2D eigenvalue weighted by Gasteiger charge is 2.32. The van der Waals surface area contributed by atoms with E-state index in [1.54, 1.807) is 11.8 Å². The molecule has 3 N–H and O–H groups in total. The molecule has 1 aliphatic heterocycles. The molecule has 0 aromatic carbocycles. The van der Waals surface area contributed by atoms with Crippen molar-refractivity contribution < 1.29 is 4.79 Å².